The fraction of sp³-hybridized carbons (Fsp3) is 0.706. The molecule has 1 rings (SSSR count). The molecule has 130 valence electrons. The zero-order valence-electron chi connectivity index (χ0n) is 14.6. The van der Waals surface area contributed by atoms with E-state index in [-0.39, 0.29) is 10.6 Å². The lowest BCUT2D eigenvalue weighted by molar-refractivity contribution is -0.384. The lowest BCUT2D eigenvalue weighted by Gasteiger charge is -2.34. The minimum absolute atomic E-state index is 0.0811. The van der Waals surface area contributed by atoms with Gasteiger partial charge in [-0.2, -0.15) is 0 Å². The van der Waals surface area contributed by atoms with Gasteiger partial charge in [0.2, 0.25) is 5.82 Å². The molecule has 0 aliphatic rings. The fourth-order valence-corrected chi connectivity index (χ4v) is 3.13. The van der Waals surface area contributed by atoms with Crippen LogP contribution < -0.4 is 4.90 Å². The summed E-state index contributed by atoms with van der Waals surface area (Å²) >= 11 is 3.29. The molecule has 1 aromatic rings. The van der Waals surface area contributed by atoms with Crippen molar-refractivity contribution in [1.29, 1.82) is 0 Å². The van der Waals surface area contributed by atoms with E-state index in [9.17, 15) is 10.1 Å². The first-order chi connectivity index (χ1) is 10.9. The van der Waals surface area contributed by atoms with Crippen molar-refractivity contribution in [3.05, 3.63) is 26.9 Å². The molecular formula is C17H28BrN3O2. The van der Waals surface area contributed by atoms with E-state index in [1.54, 1.807) is 12.3 Å². The molecular weight excluding hydrogens is 358 g/mol. The van der Waals surface area contributed by atoms with E-state index in [2.05, 4.69) is 53.5 Å². The van der Waals surface area contributed by atoms with Crippen LogP contribution in [0.1, 0.15) is 59.8 Å². The van der Waals surface area contributed by atoms with Gasteiger partial charge in [-0.1, -0.05) is 47.0 Å². The Labute approximate surface area is 147 Å². The Balaban J connectivity index is 3.25. The maximum absolute atomic E-state index is 11.5. The number of rotatable bonds is 10. The zero-order valence-corrected chi connectivity index (χ0v) is 16.2. The molecule has 0 bridgehead atoms. The second-order valence-electron chi connectivity index (χ2n) is 6.38. The first-order valence-corrected chi connectivity index (χ1v) is 9.26. The summed E-state index contributed by atoms with van der Waals surface area (Å²) in [6.45, 7) is 9.40. The molecule has 0 saturated heterocycles. The SMILES string of the molecule is CCCCC(CCC)N(CC(C)C)c1ncc(Br)cc1[N+](=O)[O-]. The highest BCUT2D eigenvalue weighted by Crippen LogP contribution is 2.32. The van der Waals surface area contributed by atoms with Crippen molar-refractivity contribution >= 4 is 27.4 Å². The summed E-state index contributed by atoms with van der Waals surface area (Å²) < 4.78 is 0.637. The highest BCUT2D eigenvalue weighted by Gasteiger charge is 2.27. The second-order valence-corrected chi connectivity index (χ2v) is 7.30. The van der Waals surface area contributed by atoms with Gasteiger partial charge in [-0.05, 0) is 34.7 Å². The normalized spacial score (nSPS) is 12.4. The Morgan fingerprint density at radius 2 is 2.00 bits per heavy atom. The summed E-state index contributed by atoms with van der Waals surface area (Å²) in [5, 5.41) is 11.5. The second kappa shape index (κ2) is 9.85. The van der Waals surface area contributed by atoms with Gasteiger partial charge in [0, 0.05) is 29.3 Å². The topological polar surface area (TPSA) is 59.3 Å². The minimum Gasteiger partial charge on any atom is -0.348 e. The quantitative estimate of drug-likeness (QED) is 0.389. The van der Waals surface area contributed by atoms with Crippen LogP contribution in [-0.4, -0.2) is 22.5 Å². The number of aromatic nitrogens is 1. The maximum Gasteiger partial charge on any atom is 0.312 e. The van der Waals surface area contributed by atoms with Gasteiger partial charge in [0.1, 0.15) is 0 Å². The molecule has 1 aromatic heterocycles. The minimum atomic E-state index is -0.330. The molecule has 5 nitrogen and oxygen atoms in total. The van der Waals surface area contributed by atoms with Gasteiger partial charge in [0.05, 0.1) is 4.92 Å². The molecule has 0 radical (unpaired) electrons. The predicted octanol–water partition coefficient (Wildman–Crippen LogP) is 5.57. The van der Waals surface area contributed by atoms with Gasteiger partial charge in [-0.15, -0.1) is 0 Å². The van der Waals surface area contributed by atoms with Crippen LogP contribution >= 0.6 is 15.9 Å². The van der Waals surface area contributed by atoms with Crippen LogP contribution in [0.15, 0.2) is 16.7 Å². The van der Waals surface area contributed by atoms with E-state index in [0.717, 1.165) is 38.6 Å². The fourth-order valence-electron chi connectivity index (χ4n) is 2.81. The third kappa shape index (κ3) is 6.09. The summed E-state index contributed by atoms with van der Waals surface area (Å²) in [6.07, 6.45) is 7.05. The summed E-state index contributed by atoms with van der Waals surface area (Å²) in [4.78, 5) is 17.7. The lowest BCUT2D eigenvalue weighted by atomic mass is 10.0. The third-order valence-electron chi connectivity index (χ3n) is 3.80. The van der Waals surface area contributed by atoms with Gasteiger partial charge < -0.3 is 4.90 Å². The molecule has 0 aromatic carbocycles. The van der Waals surface area contributed by atoms with Gasteiger partial charge in [-0.3, -0.25) is 10.1 Å². The van der Waals surface area contributed by atoms with Gasteiger partial charge in [0.25, 0.3) is 0 Å². The number of nitro groups is 1. The lowest BCUT2D eigenvalue weighted by Crippen LogP contribution is -2.39. The Bertz CT molecular complexity index is 509. The summed E-state index contributed by atoms with van der Waals surface area (Å²) in [5.74, 6) is 0.919. The molecule has 0 N–H and O–H groups in total. The van der Waals surface area contributed by atoms with Crippen molar-refractivity contribution in [2.75, 3.05) is 11.4 Å². The standard InChI is InChI=1S/C17H28BrN3O2/c1-5-7-9-15(8-6-2)20(12-13(3)4)17-16(21(22)23)10-14(18)11-19-17/h10-11,13,15H,5-9,12H2,1-4H3. The molecule has 0 aliphatic carbocycles. The van der Waals surface area contributed by atoms with E-state index in [0.29, 0.717) is 22.3 Å². The Morgan fingerprint density at radius 1 is 1.30 bits per heavy atom. The molecule has 23 heavy (non-hydrogen) atoms. The summed E-state index contributed by atoms with van der Waals surface area (Å²) in [7, 11) is 0. The van der Waals surface area contributed by atoms with E-state index in [1.165, 1.54) is 0 Å². The molecule has 6 heteroatoms. The average molecular weight is 386 g/mol. The number of nitrogens with zero attached hydrogens (tertiary/aromatic N) is 3. The molecule has 1 heterocycles. The van der Waals surface area contributed by atoms with Crippen LogP contribution in [0.25, 0.3) is 0 Å². The number of anilines is 1. The van der Waals surface area contributed by atoms with Crippen LogP contribution in [0, 0.1) is 16.0 Å². The van der Waals surface area contributed by atoms with Crippen LogP contribution in [0.2, 0.25) is 0 Å². The Kier molecular flexibility index (Phi) is 8.52. The zero-order chi connectivity index (χ0) is 17.4. The van der Waals surface area contributed by atoms with Crippen LogP contribution in [0.5, 0.6) is 0 Å². The van der Waals surface area contributed by atoms with Crippen molar-refractivity contribution in [3.63, 3.8) is 0 Å². The number of pyridine rings is 1. The maximum atomic E-state index is 11.5. The van der Waals surface area contributed by atoms with Crippen molar-refractivity contribution < 1.29 is 4.92 Å². The van der Waals surface area contributed by atoms with Crippen molar-refractivity contribution in [3.8, 4) is 0 Å². The Hall–Kier alpha value is -1.17. The molecule has 1 unspecified atom stereocenters. The third-order valence-corrected chi connectivity index (χ3v) is 4.23. The monoisotopic (exact) mass is 385 g/mol. The average Bonchev–Trinajstić information content (AvgIpc) is 2.49. The molecule has 0 fully saturated rings. The Morgan fingerprint density at radius 3 is 2.52 bits per heavy atom. The predicted molar refractivity (Wildman–Crippen MR) is 99.0 cm³/mol. The van der Waals surface area contributed by atoms with E-state index in [1.807, 2.05) is 0 Å². The van der Waals surface area contributed by atoms with Gasteiger partial charge in [-0.25, -0.2) is 4.98 Å². The first kappa shape index (κ1) is 19.9. The van der Waals surface area contributed by atoms with E-state index < -0.39 is 0 Å². The van der Waals surface area contributed by atoms with Crippen molar-refractivity contribution in [2.45, 2.75) is 65.8 Å². The first-order valence-electron chi connectivity index (χ1n) is 8.47. The smallest absolute Gasteiger partial charge is 0.312 e. The molecule has 1 atom stereocenters. The summed E-state index contributed by atoms with van der Waals surface area (Å²) in [5.41, 5.74) is 0.0811. The molecule has 0 amide bonds. The molecule has 0 spiro atoms. The number of unbranched alkanes of at least 4 members (excludes halogenated alkanes) is 1. The highest BCUT2D eigenvalue weighted by molar-refractivity contribution is 9.10. The van der Waals surface area contributed by atoms with Gasteiger partial charge >= 0.3 is 5.69 Å². The summed E-state index contributed by atoms with van der Waals surface area (Å²) in [6, 6.07) is 1.85. The number of halogens is 1. The number of hydrogen-bond acceptors (Lipinski definition) is 4. The van der Waals surface area contributed by atoms with E-state index in [4.69, 9.17) is 0 Å². The van der Waals surface area contributed by atoms with Crippen LogP contribution in [0.3, 0.4) is 0 Å². The molecule has 0 aliphatic heterocycles. The van der Waals surface area contributed by atoms with Crippen molar-refractivity contribution in [1.82, 2.24) is 4.98 Å². The largest absolute Gasteiger partial charge is 0.348 e. The highest BCUT2D eigenvalue weighted by atomic mass is 79.9. The van der Waals surface area contributed by atoms with Crippen LogP contribution in [-0.2, 0) is 0 Å². The van der Waals surface area contributed by atoms with Gasteiger partial charge in [0.15, 0.2) is 0 Å². The number of hydrogen-bond donors (Lipinski definition) is 0. The van der Waals surface area contributed by atoms with E-state index >= 15 is 0 Å². The van der Waals surface area contributed by atoms with Crippen LogP contribution in [0.4, 0.5) is 11.5 Å². The van der Waals surface area contributed by atoms with Crippen molar-refractivity contribution in [2.24, 2.45) is 5.92 Å². The molecule has 0 saturated carbocycles.